The van der Waals surface area contributed by atoms with E-state index in [4.69, 9.17) is 23.2 Å². The van der Waals surface area contributed by atoms with E-state index in [0.717, 1.165) is 18.5 Å². The number of sulfonamides is 1. The summed E-state index contributed by atoms with van der Waals surface area (Å²) in [6, 6.07) is 5.30. The van der Waals surface area contributed by atoms with Crippen LogP contribution in [-0.4, -0.2) is 38.6 Å². The maximum absolute atomic E-state index is 11.6. The van der Waals surface area contributed by atoms with Gasteiger partial charge >= 0.3 is 0 Å². The quantitative estimate of drug-likeness (QED) is 0.919. The first-order valence-electron chi connectivity index (χ1n) is 6.49. The van der Waals surface area contributed by atoms with Crippen molar-refractivity contribution in [1.29, 1.82) is 0 Å². The zero-order valence-corrected chi connectivity index (χ0v) is 13.6. The lowest BCUT2D eigenvalue weighted by atomic mass is 9.99. The fraction of sp³-hybridized carbons (Fsp3) is 0.538. The summed E-state index contributed by atoms with van der Waals surface area (Å²) < 4.78 is 24.7. The van der Waals surface area contributed by atoms with Gasteiger partial charge in [0.05, 0.1) is 6.26 Å². The second-order valence-corrected chi connectivity index (χ2v) is 8.02. The summed E-state index contributed by atoms with van der Waals surface area (Å²) in [6.07, 6.45) is 3.18. The lowest BCUT2D eigenvalue weighted by Crippen LogP contribution is -2.41. The Labute approximate surface area is 130 Å². The van der Waals surface area contributed by atoms with Crippen molar-refractivity contribution in [2.75, 3.05) is 31.2 Å². The molecule has 20 heavy (non-hydrogen) atoms. The number of hydrogen-bond acceptors (Lipinski definition) is 3. The molecule has 1 fully saturated rings. The molecule has 1 saturated heterocycles. The molecule has 0 aliphatic carbocycles. The molecule has 0 saturated carbocycles. The number of anilines is 1. The van der Waals surface area contributed by atoms with Gasteiger partial charge in [0, 0.05) is 35.4 Å². The third kappa shape index (κ3) is 4.52. The average Bonchev–Trinajstić information content (AvgIpc) is 2.35. The molecule has 0 radical (unpaired) electrons. The highest BCUT2D eigenvalue weighted by Gasteiger charge is 2.25. The van der Waals surface area contributed by atoms with Crippen LogP contribution in [0.15, 0.2) is 18.2 Å². The number of halogens is 2. The molecule has 112 valence electrons. The second-order valence-electron chi connectivity index (χ2n) is 5.17. The number of nitrogens with one attached hydrogen (secondary N) is 1. The Bertz CT molecular complexity index is 557. The van der Waals surface area contributed by atoms with Crippen LogP contribution in [0.3, 0.4) is 0 Å². The minimum absolute atomic E-state index is 0.302. The van der Waals surface area contributed by atoms with Crippen molar-refractivity contribution in [2.45, 2.75) is 12.8 Å². The molecule has 1 heterocycles. The minimum atomic E-state index is -3.09. The van der Waals surface area contributed by atoms with Gasteiger partial charge < -0.3 is 5.32 Å². The molecule has 1 aromatic carbocycles. The van der Waals surface area contributed by atoms with Crippen LogP contribution in [0.4, 0.5) is 5.69 Å². The maximum atomic E-state index is 11.6. The van der Waals surface area contributed by atoms with Gasteiger partial charge in [-0.3, -0.25) is 0 Å². The van der Waals surface area contributed by atoms with Gasteiger partial charge in [-0.1, -0.05) is 23.2 Å². The van der Waals surface area contributed by atoms with E-state index < -0.39 is 10.0 Å². The predicted molar refractivity (Wildman–Crippen MR) is 84.1 cm³/mol. The van der Waals surface area contributed by atoms with Gasteiger partial charge in [0.1, 0.15) is 0 Å². The average molecular weight is 337 g/mol. The van der Waals surface area contributed by atoms with Crippen LogP contribution < -0.4 is 5.32 Å². The monoisotopic (exact) mass is 336 g/mol. The highest BCUT2D eigenvalue weighted by Crippen LogP contribution is 2.24. The van der Waals surface area contributed by atoms with Crippen molar-refractivity contribution < 1.29 is 8.42 Å². The standard InChI is InChI=1S/C13H18Cl2N2O2S/c1-20(18,19)17-4-2-3-10(9-17)8-16-13-6-11(14)5-12(15)7-13/h5-7,10,16H,2-4,8-9H2,1H3. The maximum Gasteiger partial charge on any atom is 0.211 e. The first kappa shape index (κ1) is 15.9. The highest BCUT2D eigenvalue weighted by atomic mass is 35.5. The van der Waals surface area contributed by atoms with Gasteiger partial charge in [0.2, 0.25) is 10.0 Å². The number of rotatable bonds is 4. The fourth-order valence-electron chi connectivity index (χ4n) is 2.41. The van der Waals surface area contributed by atoms with E-state index in [1.807, 2.05) is 12.1 Å². The topological polar surface area (TPSA) is 49.4 Å². The molecule has 1 N–H and O–H groups in total. The summed E-state index contributed by atoms with van der Waals surface area (Å²) >= 11 is 11.9. The van der Waals surface area contributed by atoms with Gasteiger partial charge in [-0.05, 0) is 37.0 Å². The molecule has 0 amide bonds. The number of nitrogens with zero attached hydrogens (tertiary/aromatic N) is 1. The zero-order chi connectivity index (χ0) is 14.8. The van der Waals surface area contributed by atoms with Gasteiger partial charge in [-0.15, -0.1) is 0 Å². The van der Waals surface area contributed by atoms with Crippen molar-refractivity contribution in [3.8, 4) is 0 Å². The number of hydrogen-bond donors (Lipinski definition) is 1. The van der Waals surface area contributed by atoms with Crippen molar-refractivity contribution in [2.24, 2.45) is 5.92 Å². The summed E-state index contributed by atoms with van der Waals surface area (Å²) in [5.41, 5.74) is 0.860. The van der Waals surface area contributed by atoms with E-state index in [9.17, 15) is 8.42 Å². The molecule has 1 atom stereocenters. The summed E-state index contributed by atoms with van der Waals surface area (Å²) in [4.78, 5) is 0. The third-order valence-corrected chi connectivity index (χ3v) is 5.11. The molecular weight excluding hydrogens is 319 g/mol. The van der Waals surface area contributed by atoms with Gasteiger partial charge in [-0.25, -0.2) is 12.7 Å². The van der Waals surface area contributed by atoms with Crippen LogP contribution in [0, 0.1) is 5.92 Å². The van der Waals surface area contributed by atoms with Gasteiger partial charge in [0.25, 0.3) is 0 Å². The molecule has 1 aliphatic rings. The van der Waals surface area contributed by atoms with E-state index in [0.29, 0.717) is 35.6 Å². The molecule has 0 spiro atoms. The van der Waals surface area contributed by atoms with E-state index in [-0.39, 0.29) is 0 Å². The Kier molecular flexibility index (Phi) is 5.18. The third-order valence-electron chi connectivity index (χ3n) is 3.41. The zero-order valence-electron chi connectivity index (χ0n) is 11.3. The van der Waals surface area contributed by atoms with E-state index in [1.165, 1.54) is 6.26 Å². The Morgan fingerprint density at radius 3 is 2.55 bits per heavy atom. The predicted octanol–water partition coefficient (Wildman–Crippen LogP) is 3.08. The number of benzene rings is 1. The van der Waals surface area contributed by atoms with Crippen LogP contribution >= 0.6 is 23.2 Å². The fourth-order valence-corrected chi connectivity index (χ4v) is 3.88. The Balaban J connectivity index is 1.93. The molecule has 2 rings (SSSR count). The molecule has 7 heteroatoms. The van der Waals surface area contributed by atoms with Crippen molar-refractivity contribution in [3.63, 3.8) is 0 Å². The molecule has 1 aromatic rings. The van der Waals surface area contributed by atoms with Crippen molar-refractivity contribution >= 4 is 38.9 Å². The smallest absolute Gasteiger partial charge is 0.211 e. The van der Waals surface area contributed by atoms with E-state index >= 15 is 0 Å². The first-order chi connectivity index (χ1) is 9.34. The lowest BCUT2D eigenvalue weighted by molar-refractivity contribution is 0.277. The minimum Gasteiger partial charge on any atom is -0.385 e. The lowest BCUT2D eigenvalue weighted by Gasteiger charge is -2.31. The first-order valence-corrected chi connectivity index (χ1v) is 9.10. The molecule has 1 unspecified atom stereocenters. The Morgan fingerprint density at radius 1 is 1.30 bits per heavy atom. The van der Waals surface area contributed by atoms with Crippen LogP contribution in [0.5, 0.6) is 0 Å². The van der Waals surface area contributed by atoms with Crippen LogP contribution in [0.1, 0.15) is 12.8 Å². The van der Waals surface area contributed by atoms with E-state index in [2.05, 4.69) is 5.32 Å². The molecule has 1 aliphatic heterocycles. The van der Waals surface area contributed by atoms with Crippen molar-refractivity contribution in [1.82, 2.24) is 4.31 Å². The van der Waals surface area contributed by atoms with Gasteiger partial charge in [0.15, 0.2) is 0 Å². The second kappa shape index (κ2) is 6.52. The van der Waals surface area contributed by atoms with Gasteiger partial charge in [-0.2, -0.15) is 0 Å². The van der Waals surface area contributed by atoms with E-state index in [1.54, 1.807) is 10.4 Å². The Hall–Kier alpha value is -0.490. The van der Waals surface area contributed by atoms with Crippen LogP contribution in [0.25, 0.3) is 0 Å². The summed E-state index contributed by atoms with van der Waals surface area (Å²) in [6.45, 7) is 1.90. The summed E-state index contributed by atoms with van der Waals surface area (Å²) in [5.74, 6) is 0.302. The largest absolute Gasteiger partial charge is 0.385 e. The number of piperidine rings is 1. The molecule has 0 bridgehead atoms. The summed E-state index contributed by atoms with van der Waals surface area (Å²) in [5, 5.41) is 4.45. The Morgan fingerprint density at radius 2 is 1.95 bits per heavy atom. The van der Waals surface area contributed by atoms with Crippen molar-refractivity contribution in [3.05, 3.63) is 28.2 Å². The van der Waals surface area contributed by atoms with Crippen LogP contribution in [0.2, 0.25) is 10.0 Å². The molecule has 4 nitrogen and oxygen atoms in total. The summed E-state index contributed by atoms with van der Waals surface area (Å²) in [7, 11) is -3.09. The molecule has 0 aromatic heterocycles. The molecular formula is C13H18Cl2N2O2S. The highest BCUT2D eigenvalue weighted by molar-refractivity contribution is 7.88. The van der Waals surface area contributed by atoms with Crippen LogP contribution in [-0.2, 0) is 10.0 Å². The SMILES string of the molecule is CS(=O)(=O)N1CCCC(CNc2cc(Cl)cc(Cl)c2)C1. The normalized spacial score (nSPS) is 20.9.